The topological polar surface area (TPSA) is 32.5 Å². The predicted molar refractivity (Wildman–Crippen MR) is 90.3 cm³/mol. The number of hydrogen-bond donors (Lipinski definition) is 1. The second-order valence-corrected chi connectivity index (χ2v) is 6.56. The minimum Gasteiger partial charge on any atom is -0.329 e. The molecule has 1 saturated heterocycles. The molecule has 118 valence electrons. The van der Waals surface area contributed by atoms with E-state index in [9.17, 15) is 0 Å². The molecule has 2 rings (SSSR count). The molecule has 21 heavy (non-hydrogen) atoms. The smallest absolute Gasteiger partial charge is 0.0355 e. The highest BCUT2D eigenvalue weighted by molar-refractivity contribution is 5.14. The van der Waals surface area contributed by atoms with E-state index in [0.717, 1.165) is 26.2 Å². The average molecular weight is 289 g/mol. The third-order valence-electron chi connectivity index (χ3n) is 5.42. The highest BCUT2D eigenvalue weighted by Crippen LogP contribution is 2.30. The van der Waals surface area contributed by atoms with Crippen LogP contribution >= 0.6 is 0 Å². The van der Waals surface area contributed by atoms with Gasteiger partial charge < -0.3 is 5.73 Å². The number of piperidine rings is 1. The zero-order valence-electron chi connectivity index (χ0n) is 13.9. The molecule has 1 aliphatic rings. The molecule has 1 unspecified atom stereocenters. The van der Waals surface area contributed by atoms with Gasteiger partial charge in [0.15, 0.2) is 0 Å². The van der Waals surface area contributed by atoms with Crippen LogP contribution in [0.3, 0.4) is 0 Å². The van der Waals surface area contributed by atoms with E-state index in [4.69, 9.17) is 5.73 Å². The summed E-state index contributed by atoms with van der Waals surface area (Å²) in [5.74, 6) is 0. The summed E-state index contributed by atoms with van der Waals surface area (Å²) in [6, 6.07) is 11.4. The van der Waals surface area contributed by atoms with E-state index in [-0.39, 0.29) is 5.54 Å². The van der Waals surface area contributed by atoms with E-state index < -0.39 is 0 Å². The molecule has 2 N–H and O–H groups in total. The molecule has 0 spiro atoms. The Labute approximate surface area is 130 Å². The lowest BCUT2D eigenvalue weighted by atomic mass is 9.84. The van der Waals surface area contributed by atoms with E-state index in [0.29, 0.717) is 6.04 Å². The minimum absolute atomic E-state index is 0.197. The second kappa shape index (κ2) is 7.39. The van der Waals surface area contributed by atoms with Gasteiger partial charge in [0, 0.05) is 37.8 Å². The van der Waals surface area contributed by atoms with Gasteiger partial charge in [-0.15, -0.1) is 0 Å². The monoisotopic (exact) mass is 289 g/mol. The molecular weight excluding hydrogens is 258 g/mol. The lowest BCUT2D eigenvalue weighted by Crippen LogP contribution is -2.60. The van der Waals surface area contributed by atoms with E-state index in [2.05, 4.69) is 61.0 Å². The molecule has 1 aromatic carbocycles. The Morgan fingerprint density at radius 3 is 2.38 bits per heavy atom. The molecule has 3 heteroatoms. The van der Waals surface area contributed by atoms with Gasteiger partial charge in [0.2, 0.25) is 0 Å². The average Bonchev–Trinajstić information content (AvgIpc) is 2.55. The second-order valence-electron chi connectivity index (χ2n) is 6.56. The number of likely N-dealkylation sites (tertiary alicyclic amines) is 1. The number of nitrogens with two attached hydrogens (primary N) is 1. The predicted octanol–water partition coefficient (Wildman–Crippen LogP) is 2.71. The molecule has 1 fully saturated rings. The Morgan fingerprint density at radius 2 is 1.86 bits per heavy atom. The van der Waals surface area contributed by atoms with Crippen molar-refractivity contribution in [2.24, 2.45) is 5.73 Å². The molecule has 0 bridgehead atoms. The normalized spacial score (nSPS) is 20.6. The van der Waals surface area contributed by atoms with Crippen molar-refractivity contribution in [2.45, 2.75) is 51.2 Å². The zero-order chi connectivity index (χ0) is 15.3. The van der Waals surface area contributed by atoms with Crippen LogP contribution in [-0.4, -0.2) is 48.1 Å². The highest BCUT2D eigenvalue weighted by Gasteiger charge is 2.38. The third kappa shape index (κ3) is 3.85. The van der Waals surface area contributed by atoms with Gasteiger partial charge in [-0.3, -0.25) is 9.80 Å². The Kier molecular flexibility index (Phi) is 5.80. The SMILES string of the molecule is CCC(C)N(C)C1(CN)CCN(Cc2ccccc2)CC1. The van der Waals surface area contributed by atoms with Crippen molar-refractivity contribution in [1.29, 1.82) is 0 Å². The number of benzene rings is 1. The standard InChI is InChI=1S/C18H31N3/c1-4-16(2)20(3)18(15-19)10-12-21(13-11-18)14-17-8-6-5-7-9-17/h5-9,16H,4,10-15,19H2,1-3H3. The summed E-state index contributed by atoms with van der Waals surface area (Å²) in [6.07, 6.45) is 3.54. The van der Waals surface area contributed by atoms with Gasteiger partial charge in [-0.05, 0) is 38.8 Å². The molecule has 1 aliphatic heterocycles. The maximum Gasteiger partial charge on any atom is 0.0355 e. The fourth-order valence-electron chi connectivity index (χ4n) is 3.41. The summed E-state index contributed by atoms with van der Waals surface area (Å²) in [5.41, 5.74) is 7.78. The van der Waals surface area contributed by atoms with E-state index in [1.54, 1.807) is 0 Å². The Bertz CT molecular complexity index is 410. The summed E-state index contributed by atoms with van der Waals surface area (Å²) in [6.45, 7) is 8.70. The molecule has 1 aromatic rings. The molecule has 3 nitrogen and oxygen atoms in total. The number of hydrogen-bond acceptors (Lipinski definition) is 3. The minimum atomic E-state index is 0.197. The molecule has 0 aromatic heterocycles. The summed E-state index contributed by atoms with van der Waals surface area (Å²) in [4.78, 5) is 5.10. The van der Waals surface area contributed by atoms with Crippen molar-refractivity contribution < 1.29 is 0 Å². The molecule has 1 atom stereocenters. The van der Waals surface area contributed by atoms with E-state index >= 15 is 0 Å². The van der Waals surface area contributed by atoms with Gasteiger partial charge in [0.05, 0.1) is 0 Å². The van der Waals surface area contributed by atoms with Gasteiger partial charge in [-0.1, -0.05) is 37.3 Å². The molecular formula is C18H31N3. The quantitative estimate of drug-likeness (QED) is 0.874. The van der Waals surface area contributed by atoms with Crippen molar-refractivity contribution in [3.05, 3.63) is 35.9 Å². The lowest BCUT2D eigenvalue weighted by molar-refractivity contribution is 0.0179. The van der Waals surface area contributed by atoms with Crippen LogP contribution in [0.4, 0.5) is 0 Å². The Balaban J connectivity index is 1.94. The highest BCUT2D eigenvalue weighted by atomic mass is 15.2. The summed E-state index contributed by atoms with van der Waals surface area (Å²) >= 11 is 0. The fourth-order valence-corrected chi connectivity index (χ4v) is 3.41. The van der Waals surface area contributed by atoms with Gasteiger partial charge in [0.1, 0.15) is 0 Å². The molecule has 0 amide bonds. The maximum absolute atomic E-state index is 6.17. The fraction of sp³-hybridized carbons (Fsp3) is 0.667. The Morgan fingerprint density at radius 1 is 1.24 bits per heavy atom. The van der Waals surface area contributed by atoms with Crippen LogP contribution in [-0.2, 0) is 6.54 Å². The largest absolute Gasteiger partial charge is 0.329 e. The van der Waals surface area contributed by atoms with Crippen LogP contribution in [0, 0.1) is 0 Å². The summed E-state index contributed by atoms with van der Waals surface area (Å²) in [5, 5.41) is 0. The molecule has 0 aliphatic carbocycles. The van der Waals surface area contributed by atoms with Gasteiger partial charge in [0.25, 0.3) is 0 Å². The van der Waals surface area contributed by atoms with Crippen LogP contribution in [0.5, 0.6) is 0 Å². The van der Waals surface area contributed by atoms with E-state index in [1.807, 2.05) is 0 Å². The van der Waals surface area contributed by atoms with Crippen molar-refractivity contribution in [2.75, 3.05) is 26.7 Å². The van der Waals surface area contributed by atoms with Crippen molar-refractivity contribution in [1.82, 2.24) is 9.80 Å². The molecule has 1 heterocycles. The van der Waals surface area contributed by atoms with Gasteiger partial charge in [-0.25, -0.2) is 0 Å². The molecule has 0 saturated carbocycles. The van der Waals surface area contributed by atoms with Crippen LogP contribution in [0.25, 0.3) is 0 Å². The van der Waals surface area contributed by atoms with Gasteiger partial charge >= 0.3 is 0 Å². The van der Waals surface area contributed by atoms with Crippen molar-refractivity contribution >= 4 is 0 Å². The van der Waals surface area contributed by atoms with Crippen LogP contribution in [0.15, 0.2) is 30.3 Å². The molecule has 0 radical (unpaired) electrons. The maximum atomic E-state index is 6.17. The number of likely N-dealkylation sites (N-methyl/N-ethyl adjacent to an activating group) is 1. The van der Waals surface area contributed by atoms with Crippen LogP contribution in [0.1, 0.15) is 38.7 Å². The summed E-state index contributed by atoms with van der Waals surface area (Å²) < 4.78 is 0. The lowest BCUT2D eigenvalue weighted by Gasteiger charge is -2.49. The van der Waals surface area contributed by atoms with Gasteiger partial charge in [-0.2, -0.15) is 0 Å². The summed E-state index contributed by atoms with van der Waals surface area (Å²) in [7, 11) is 2.26. The first-order valence-electron chi connectivity index (χ1n) is 8.30. The Hall–Kier alpha value is -0.900. The first-order chi connectivity index (χ1) is 10.1. The van der Waals surface area contributed by atoms with E-state index in [1.165, 1.54) is 24.8 Å². The van der Waals surface area contributed by atoms with Crippen molar-refractivity contribution in [3.8, 4) is 0 Å². The van der Waals surface area contributed by atoms with Crippen LogP contribution in [0.2, 0.25) is 0 Å². The van der Waals surface area contributed by atoms with Crippen molar-refractivity contribution in [3.63, 3.8) is 0 Å². The first kappa shape index (κ1) is 16.5. The zero-order valence-corrected chi connectivity index (χ0v) is 13.9. The van der Waals surface area contributed by atoms with Crippen LogP contribution < -0.4 is 5.73 Å². The third-order valence-corrected chi connectivity index (χ3v) is 5.42. The first-order valence-corrected chi connectivity index (χ1v) is 8.30. The number of nitrogens with zero attached hydrogens (tertiary/aromatic N) is 2. The number of rotatable bonds is 6.